The Morgan fingerprint density at radius 3 is 1.91 bits per heavy atom. The summed E-state index contributed by atoms with van der Waals surface area (Å²) in [4.78, 5) is 29.1. The molecule has 1 atom stereocenters. The smallest absolute Gasteiger partial charge is 0.245 e. The van der Waals surface area contributed by atoms with Gasteiger partial charge in [-0.15, -0.1) is 0 Å². The molecular weight excluding hydrogens is 444 g/mol. The normalized spacial score (nSPS) is 15.5. The van der Waals surface area contributed by atoms with Crippen molar-refractivity contribution < 1.29 is 18.4 Å². The largest absolute Gasteiger partial charge is 0.344 e. The molecule has 178 valence electrons. The minimum absolute atomic E-state index is 0.0504. The van der Waals surface area contributed by atoms with E-state index in [2.05, 4.69) is 10.2 Å². The van der Waals surface area contributed by atoms with Crippen LogP contribution in [0.15, 0.2) is 48.5 Å². The molecule has 2 aromatic carbocycles. The molecule has 0 aromatic heterocycles. The van der Waals surface area contributed by atoms with E-state index in [4.69, 9.17) is 0 Å². The lowest BCUT2D eigenvalue weighted by Crippen LogP contribution is -2.55. The van der Waals surface area contributed by atoms with Gasteiger partial charge in [-0.1, -0.05) is 31.2 Å². The average Bonchev–Trinajstić information content (AvgIpc) is 2.84. The van der Waals surface area contributed by atoms with Crippen LogP contribution in [0.2, 0.25) is 0 Å². The predicted octanol–water partition coefficient (Wildman–Crippen LogP) is 3.85. The lowest BCUT2D eigenvalue weighted by Gasteiger charge is -2.40. The Morgan fingerprint density at radius 1 is 0.939 bits per heavy atom. The Morgan fingerprint density at radius 2 is 1.45 bits per heavy atom. The third kappa shape index (κ3) is 6.77. The van der Waals surface area contributed by atoms with E-state index >= 15 is 0 Å². The van der Waals surface area contributed by atoms with Gasteiger partial charge in [0.05, 0.1) is 6.04 Å². The summed E-state index contributed by atoms with van der Waals surface area (Å²) in [6.07, 6.45) is 2.92. The van der Waals surface area contributed by atoms with Crippen molar-refractivity contribution in [2.75, 3.05) is 38.2 Å². The first kappa shape index (κ1) is 25.2. The molecule has 1 unspecified atom stereocenters. The topological polar surface area (TPSA) is 52.7 Å². The fraction of sp³-hybridized carbons (Fsp3) is 0.440. The van der Waals surface area contributed by atoms with Gasteiger partial charge in [0, 0.05) is 32.6 Å². The number of hydrogen-bond acceptors (Lipinski definition) is 4. The molecular formula is C25H31F2N3O2S. The molecule has 1 aliphatic rings. The van der Waals surface area contributed by atoms with Gasteiger partial charge in [0.25, 0.3) is 0 Å². The fourth-order valence-electron chi connectivity index (χ4n) is 4.11. The molecule has 0 radical (unpaired) electrons. The van der Waals surface area contributed by atoms with Gasteiger partial charge in [0.15, 0.2) is 0 Å². The van der Waals surface area contributed by atoms with Gasteiger partial charge in [0.1, 0.15) is 17.7 Å². The minimum Gasteiger partial charge on any atom is -0.344 e. The van der Waals surface area contributed by atoms with Crippen molar-refractivity contribution in [3.8, 4) is 0 Å². The van der Waals surface area contributed by atoms with Crippen molar-refractivity contribution in [1.29, 1.82) is 0 Å². The average molecular weight is 476 g/mol. The molecule has 0 aliphatic carbocycles. The van der Waals surface area contributed by atoms with Crippen LogP contribution in [-0.4, -0.2) is 65.8 Å². The van der Waals surface area contributed by atoms with Crippen LogP contribution in [0, 0.1) is 11.6 Å². The van der Waals surface area contributed by atoms with Crippen molar-refractivity contribution in [2.24, 2.45) is 0 Å². The van der Waals surface area contributed by atoms with Gasteiger partial charge in [0.2, 0.25) is 11.8 Å². The molecule has 2 aromatic rings. The number of piperazine rings is 1. The first-order valence-corrected chi connectivity index (χ1v) is 12.6. The fourth-order valence-corrected chi connectivity index (χ4v) is 4.59. The van der Waals surface area contributed by atoms with Gasteiger partial charge in [-0.3, -0.25) is 14.5 Å². The van der Waals surface area contributed by atoms with E-state index in [0.29, 0.717) is 39.0 Å². The van der Waals surface area contributed by atoms with Gasteiger partial charge in [-0.05, 0) is 53.8 Å². The Balaban J connectivity index is 1.73. The molecule has 1 saturated heterocycles. The zero-order valence-corrected chi connectivity index (χ0v) is 19.9. The van der Waals surface area contributed by atoms with E-state index < -0.39 is 6.04 Å². The number of carbonyl (C=O) groups excluding carboxylic acids is 2. The second-order valence-electron chi connectivity index (χ2n) is 8.12. The van der Waals surface area contributed by atoms with Crippen LogP contribution in [0.4, 0.5) is 8.78 Å². The second kappa shape index (κ2) is 12.1. The molecule has 33 heavy (non-hydrogen) atoms. The molecule has 5 nitrogen and oxygen atoms in total. The summed E-state index contributed by atoms with van der Waals surface area (Å²) >= 11 is 1.65. The van der Waals surface area contributed by atoms with Gasteiger partial charge >= 0.3 is 0 Å². The highest BCUT2D eigenvalue weighted by Gasteiger charge is 2.31. The Hall–Kier alpha value is -2.45. The standard InChI is InChI=1S/C25H31F2N3O2S/c1-3-23(31)28-22(12-17-33-2)25(32)30-15-13-29(14-16-30)24(18-4-8-20(26)9-5-18)19-6-10-21(27)11-7-19/h4-11,22,24H,3,12-17H2,1-2H3,(H,28,31). The molecule has 1 aliphatic heterocycles. The van der Waals surface area contributed by atoms with Gasteiger partial charge in [-0.2, -0.15) is 11.8 Å². The van der Waals surface area contributed by atoms with E-state index in [1.807, 2.05) is 11.2 Å². The van der Waals surface area contributed by atoms with E-state index in [1.54, 1.807) is 43.0 Å². The summed E-state index contributed by atoms with van der Waals surface area (Å²) in [5.41, 5.74) is 1.83. The maximum atomic E-state index is 13.5. The van der Waals surface area contributed by atoms with Crippen LogP contribution in [0.1, 0.15) is 36.9 Å². The van der Waals surface area contributed by atoms with Crippen LogP contribution in [0.5, 0.6) is 0 Å². The van der Waals surface area contributed by atoms with Crippen LogP contribution in [-0.2, 0) is 9.59 Å². The lowest BCUT2D eigenvalue weighted by molar-refractivity contribution is -0.138. The molecule has 1 fully saturated rings. The zero-order chi connectivity index (χ0) is 23.8. The molecule has 1 heterocycles. The Labute approximate surface area is 198 Å². The third-order valence-electron chi connectivity index (χ3n) is 5.93. The summed E-state index contributed by atoms with van der Waals surface area (Å²) in [6.45, 7) is 4.05. The summed E-state index contributed by atoms with van der Waals surface area (Å²) in [6, 6.07) is 12.0. The number of carbonyl (C=O) groups is 2. The summed E-state index contributed by atoms with van der Waals surface area (Å²) in [5.74, 6) is -0.00125. The van der Waals surface area contributed by atoms with E-state index in [0.717, 1.165) is 16.9 Å². The number of nitrogens with zero attached hydrogens (tertiary/aromatic N) is 2. The monoisotopic (exact) mass is 475 g/mol. The van der Waals surface area contributed by atoms with E-state index in [9.17, 15) is 18.4 Å². The SMILES string of the molecule is CCC(=O)NC(CCSC)C(=O)N1CCN(C(c2ccc(F)cc2)c2ccc(F)cc2)CC1. The van der Waals surface area contributed by atoms with Crippen molar-refractivity contribution in [3.05, 3.63) is 71.3 Å². The van der Waals surface area contributed by atoms with E-state index in [-0.39, 0.29) is 29.5 Å². The van der Waals surface area contributed by atoms with Crippen LogP contribution < -0.4 is 5.32 Å². The molecule has 0 spiro atoms. The summed E-state index contributed by atoms with van der Waals surface area (Å²) in [7, 11) is 0. The van der Waals surface area contributed by atoms with Crippen molar-refractivity contribution in [2.45, 2.75) is 31.8 Å². The predicted molar refractivity (Wildman–Crippen MR) is 128 cm³/mol. The van der Waals surface area contributed by atoms with Crippen LogP contribution in [0.3, 0.4) is 0 Å². The molecule has 2 amide bonds. The number of amides is 2. The highest BCUT2D eigenvalue weighted by molar-refractivity contribution is 7.98. The highest BCUT2D eigenvalue weighted by Crippen LogP contribution is 2.30. The number of halogens is 2. The number of benzene rings is 2. The highest BCUT2D eigenvalue weighted by atomic mass is 32.2. The quantitative estimate of drug-likeness (QED) is 0.599. The Bertz CT molecular complexity index is 871. The number of nitrogens with one attached hydrogen (secondary N) is 1. The first-order chi connectivity index (χ1) is 15.9. The van der Waals surface area contributed by atoms with E-state index in [1.165, 1.54) is 24.3 Å². The van der Waals surface area contributed by atoms with Crippen molar-refractivity contribution >= 4 is 23.6 Å². The zero-order valence-electron chi connectivity index (χ0n) is 19.1. The number of rotatable bonds is 9. The molecule has 0 saturated carbocycles. The first-order valence-electron chi connectivity index (χ1n) is 11.2. The van der Waals surface area contributed by atoms with Crippen molar-refractivity contribution in [1.82, 2.24) is 15.1 Å². The maximum Gasteiger partial charge on any atom is 0.245 e. The van der Waals surface area contributed by atoms with Crippen molar-refractivity contribution in [3.63, 3.8) is 0 Å². The molecule has 8 heteroatoms. The second-order valence-corrected chi connectivity index (χ2v) is 9.11. The van der Waals surface area contributed by atoms with Crippen LogP contribution >= 0.6 is 11.8 Å². The van der Waals surface area contributed by atoms with Crippen LogP contribution in [0.25, 0.3) is 0 Å². The molecule has 1 N–H and O–H groups in total. The summed E-state index contributed by atoms with van der Waals surface area (Å²) in [5, 5.41) is 2.87. The number of thioether (sulfide) groups is 1. The maximum absolute atomic E-state index is 13.5. The molecule has 0 bridgehead atoms. The minimum atomic E-state index is -0.513. The number of hydrogen-bond donors (Lipinski definition) is 1. The van der Waals surface area contributed by atoms with Gasteiger partial charge in [-0.25, -0.2) is 8.78 Å². The Kier molecular flexibility index (Phi) is 9.26. The summed E-state index contributed by atoms with van der Waals surface area (Å²) < 4.78 is 27.1. The molecule has 3 rings (SSSR count). The third-order valence-corrected chi connectivity index (χ3v) is 6.57. The van der Waals surface area contributed by atoms with Gasteiger partial charge < -0.3 is 10.2 Å². The lowest BCUT2D eigenvalue weighted by atomic mass is 9.96.